The lowest BCUT2D eigenvalue weighted by Gasteiger charge is -2.13. The summed E-state index contributed by atoms with van der Waals surface area (Å²) in [5.41, 5.74) is 1.96. The average Bonchev–Trinajstić information content (AvgIpc) is 2.33. The van der Waals surface area contributed by atoms with Gasteiger partial charge in [0.05, 0.1) is 5.56 Å². The minimum absolute atomic E-state index is 0.165. The van der Waals surface area contributed by atoms with Crippen LogP contribution in [0.15, 0.2) is 34.8 Å². The van der Waals surface area contributed by atoms with Crippen molar-refractivity contribution in [2.45, 2.75) is 13.8 Å². The van der Waals surface area contributed by atoms with E-state index < -0.39 is 5.97 Å². The Labute approximate surface area is 130 Å². The zero-order chi connectivity index (χ0) is 14.9. The molecule has 0 aliphatic heterocycles. The molecule has 0 bridgehead atoms. The molecular formula is C15H12BrClO3. The molecule has 2 aromatic rings. The first-order valence-corrected chi connectivity index (χ1v) is 7.02. The van der Waals surface area contributed by atoms with E-state index in [1.807, 2.05) is 13.8 Å². The van der Waals surface area contributed by atoms with Crippen molar-refractivity contribution in [1.29, 1.82) is 0 Å². The summed E-state index contributed by atoms with van der Waals surface area (Å²) in [6, 6.07) is 8.34. The smallest absolute Gasteiger partial charge is 0.335 e. The molecule has 0 heterocycles. The SMILES string of the molecule is Cc1cc(Cl)cc(C)c1Oc1cc(Br)cc(C(=O)O)c1. The second kappa shape index (κ2) is 5.85. The first kappa shape index (κ1) is 14.9. The van der Waals surface area contributed by atoms with Gasteiger partial charge in [-0.25, -0.2) is 4.79 Å². The maximum atomic E-state index is 11.0. The van der Waals surface area contributed by atoms with Crippen LogP contribution in [0.1, 0.15) is 21.5 Å². The van der Waals surface area contributed by atoms with E-state index in [1.54, 1.807) is 18.2 Å². The number of carbonyl (C=O) groups is 1. The largest absolute Gasteiger partial charge is 0.478 e. The lowest BCUT2D eigenvalue weighted by molar-refractivity contribution is 0.0696. The number of hydrogen-bond acceptors (Lipinski definition) is 2. The maximum Gasteiger partial charge on any atom is 0.335 e. The lowest BCUT2D eigenvalue weighted by Crippen LogP contribution is -1.98. The van der Waals surface area contributed by atoms with Gasteiger partial charge in [-0.05, 0) is 55.3 Å². The molecule has 0 saturated heterocycles. The van der Waals surface area contributed by atoms with Gasteiger partial charge in [-0.15, -0.1) is 0 Å². The van der Waals surface area contributed by atoms with E-state index >= 15 is 0 Å². The van der Waals surface area contributed by atoms with Crippen LogP contribution in [-0.2, 0) is 0 Å². The summed E-state index contributed by atoms with van der Waals surface area (Å²) in [6.45, 7) is 3.79. The second-order valence-corrected chi connectivity index (χ2v) is 5.80. The fraction of sp³-hybridized carbons (Fsp3) is 0.133. The summed E-state index contributed by atoms with van der Waals surface area (Å²) in [5, 5.41) is 9.70. The topological polar surface area (TPSA) is 46.5 Å². The third-order valence-electron chi connectivity index (χ3n) is 2.76. The summed E-state index contributed by atoms with van der Waals surface area (Å²) in [7, 11) is 0. The summed E-state index contributed by atoms with van der Waals surface area (Å²) in [6.07, 6.45) is 0. The van der Waals surface area contributed by atoms with Crippen molar-refractivity contribution >= 4 is 33.5 Å². The predicted octanol–water partition coefficient (Wildman–Crippen LogP) is 5.21. The van der Waals surface area contributed by atoms with E-state index in [4.69, 9.17) is 21.4 Å². The van der Waals surface area contributed by atoms with Gasteiger partial charge in [-0.3, -0.25) is 0 Å². The Balaban J connectivity index is 2.42. The number of rotatable bonds is 3. The van der Waals surface area contributed by atoms with E-state index in [9.17, 15) is 4.79 Å². The van der Waals surface area contributed by atoms with Gasteiger partial charge in [0.1, 0.15) is 11.5 Å². The number of hydrogen-bond donors (Lipinski definition) is 1. The third-order valence-corrected chi connectivity index (χ3v) is 3.44. The molecule has 0 unspecified atom stereocenters. The first-order chi connectivity index (χ1) is 9.36. The highest BCUT2D eigenvalue weighted by Crippen LogP contribution is 2.33. The summed E-state index contributed by atoms with van der Waals surface area (Å²) in [4.78, 5) is 11.0. The molecular weight excluding hydrogens is 344 g/mol. The van der Waals surface area contributed by atoms with Crippen molar-refractivity contribution in [3.05, 3.63) is 56.5 Å². The summed E-state index contributed by atoms with van der Waals surface area (Å²) < 4.78 is 6.46. The van der Waals surface area contributed by atoms with E-state index in [-0.39, 0.29) is 5.56 Å². The van der Waals surface area contributed by atoms with Crippen LogP contribution < -0.4 is 4.74 Å². The van der Waals surface area contributed by atoms with Crippen LogP contribution in [-0.4, -0.2) is 11.1 Å². The normalized spacial score (nSPS) is 10.4. The minimum Gasteiger partial charge on any atom is -0.478 e. The molecule has 0 aliphatic carbocycles. The van der Waals surface area contributed by atoms with Crippen LogP contribution in [0.4, 0.5) is 0 Å². The van der Waals surface area contributed by atoms with Crippen molar-refractivity contribution < 1.29 is 14.6 Å². The Morgan fingerprint density at radius 1 is 1.15 bits per heavy atom. The van der Waals surface area contributed by atoms with Crippen LogP contribution in [0.2, 0.25) is 5.02 Å². The maximum absolute atomic E-state index is 11.0. The van der Waals surface area contributed by atoms with Crippen LogP contribution in [0.25, 0.3) is 0 Å². The quantitative estimate of drug-likeness (QED) is 0.822. The van der Waals surface area contributed by atoms with Gasteiger partial charge in [-0.2, -0.15) is 0 Å². The fourth-order valence-electron chi connectivity index (χ4n) is 1.92. The van der Waals surface area contributed by atoms with Crippen LogP contribution in [0.3, 0.4) is 0 Å². The Kier molecular flexibility index (Phi) is 4.35. The molecule has 0 amide bonds. The molecule has 0 spiro atoms. The molecule has 2 rings (SSSR count). The van der Waals surface area contributed by atoms with Gasteiger partial charge in [0, 0.05) is 9.50 Å². The van der Waals surface area contributed by atoms with Gasteiger partial charge in [0.2, 0.25) is 0 Å². The number of aromatic carboxylic acids is 1. The van der Waals surface area contributed by atoms with Crippen LogP contribution >= 0.6 is 27.5 Å². The lowest BCUT2D eigenvalue weighted by atomic mass is 10.1. The fourth-order valence-corrected chi connectivity index (χ4v) is 2.72. The van der Waals surface area contributed by atoms with E-state index in [0.717, 1.165) is 11.1 Å². The van der Waals surface area contributed by atoms with Crippen molar-refractivity contribution in [3.63, 3.8) is 0 Å². The number of aryl methyl sites for hydroxylation is 2. The number of halogens is 2. The molecule has 104 valence electrons. The third kappa shape index (κ3) is 3.32. The van der Waals surface area contributed by atoms with Crippen LogP contribution in [0.5, 0.6) is 11.5 Å². The van der Waals surface area contributed by atoms with E-state index in [2.05, 4.69) is 15.9 Å². The summed E-state index contributed by atoms with van der Waals surface area (Å²) in [5.74, 6) is 0.148. The first-order valence-electron chi connectivity index (χ1n) is 5.85. The molecule has 0 fully saturated rings. The Morgan fingerprint density at radius 2 is 1.75 bits per heavy atom. The number of carboxylic acid groups (broad SMARTS) is 1. The number of carboxylic acids is 1. The average molecular weight is 356 g/mol. The molecule has 0 aliphatic rings. The number of benzene rings is 2. The molecule has 0 saturated carbocycles. The molecule has 0 aromatic heterocycles. The monoisotopic (exact) mass is 354 g/mol. The van der Waals surface area contributed by atoms with Gasteiger partial charge in [-0.1, -0.05) is 27.5 Å². The minimum atomic E-state index is -0.999. The molecule has 5 heteroatoms. The zero-order valence-electron chi connectivity index (χ0n) is 10.9. The van der Waals surface area contributed by atoms with Crippen molar-refractivity contribution in [3.8, 4) is 11.5 Å². The molecule has 0 atom stereocenters. The Bertz CT molecular complexity index is 660. The van der Waals surface area contributed by atoms with Crippen LogP contribution in [0, 0.1) is 13.8 Å². The van der Waals surface area contributed by atoms with Crippen molar-refractivity contribution in [2.24, 2.45) is 0 Å². The highest BCUT2D eigenvalue weighted by molar-refractivity contribution is 9.10. The molecule has 3 nitrogen and oxygen atoms in total. The van der Waals surface area contributed by atoms with Crippen molar-refractivity contribution in [2.75, 3.05) is 0 Å². The van der Waals surface area contributed by atoms with Gasteiger partial charge in [0.15, 0.2) is 0 Å². The van der Waals surface area contributed by atoms with Gasteiger partial charge in [0.25, 0.3) is 0 Å². The highest BCUT2D eigenvalue weighted by Gasteiger charge is 2.11. The van der Waals surface area contributed by atoms with E-state index in [1.165, 1.54) is 12.1 Å². The molecule has 20 heavy (non-hydrogen) atoms. The van der Waals surface area contributed by atoms with Crippen molar-refractivity contribution in [1.82, 2.24) is 0 Å². The van der Waals surface area contributed by atoms with Gasteiger partial charge >= 0.3 is 5.97 Å². The highest BCUT2D eigenvalue weighted by atomic mass is 79.9. The number of ether oxygens (including phenoxy) is 1. The van der Waals surface area contributed by atoms with E-state index in [0.29, 0.717) is 21.0 Å². The molecule has 1 N–H and O–H groups in total. The standard InChI is InChI=1S/C15H12BrClO3/c1-8-3-12(17)4-9(2)14(8)20-13-6-10(15(18)19)5-11(16)7-13/h3-7H,1-2H3,(H,18,19). The zero-order valence-corrected chi connectivity index (χ0v) is 13.2. The Hall–Kier alpha value is -1.52. The Morgan fingerprint density at radius 3 is 2.30 bits per heavy atom. The van der Waals surface area contributed by atoms with Gasteiger partial charge < -0.3 is 9.84 Å². The predicted molar refractivity (Wildman–Crippen MR) is 82.1 cm³/mol. The molecule has 0 radical (unpaired) electrons. The second-order valence-electron chi connectivity index (χ2n) is 4.45. The summed E-state index contributed by atoms with van der Waals surface area (Å²) >= 11 is 9.26. The molecule has 2 aromatic carbocycles.